The Bertz CT molecular complexity index is 522. The lowest BCUT2D eigenvalue weighted by Gasteiger charge is -2.18. The molecule has 2 aromatic rings. The molecule has 1 amide bonds. The van der Waals surface area contributed by atoms with Gasteiger partial charge in [0.2, 0.25) is 0 Å². The second-order valence-electron chi connectivity index (χ2n) is 4.77. The molecule has 0 unspecified atom stereocenters. The Labute approximate surface area is 118 Å². The minimum atomic E-state index is -0.531. The summed E-state index contributed by atoms with van der Waals surface area (Å²) >= 11 is 0. The molecule has 0 radical (unpaired) electrons. The van der Waals surface area contributed by atoms with Gasteiger partial charge in [0.15, 0.2) is 6.10 Å². The molecule has 0 bridgehead atoms. The van der Waals surface area contributed by atoms with Crippen molar-refractivity contribution in [2.24, 2.45) is 0 Å². The normalized spacial score (nSPS) is 13.5. The standard InChI is InChI=1S/C16H19NO3/c1-12(11-15-9-6-10-19-15)17-16(18)13(2)20-14-7-4-3-5-8-14/h3-10,12-13H,11H2,1-2H3,(H,17,18)/t12-,13+/m0/s1. The van der Waals surface area contributed by atoms with Crippen LogP contribution in [0.3, 0.4) is 0 Å². The lowest BCUT2D eigenvalue weighted by molar-refractivity contribution is -0.127. The van der Waals surface area contributed by atoms with Gasteiger partial charge in [-0.25, -0.2) is 0 Å². The van der Waals surface area contributed by atoms with Crippen LogP contribution in [0.2, 0.25) is 0 Å². The van der Waals surface area contributed by atoms with Gasteiger partial charge in [-0.15, -0.1) is 0 Å². The maximum absolute atomic E-state index is 12.0. The number of amides is 1. The zero-order valence-corrected chi connectivity index (χ0v) is 11.7. The van der Waals surface area contributed by atoms with Crippen molar-refractivity contribution < 1.29 is 13.9 Å². The Morgan fingerprint density at radius 2 is 1.95 bits per heavy atom. The van der Waals surface area contributed by atoms with Crippen LogP contribution in [0.1, 0.15) is 19.6 Å². The SMILES string of the molecule is C[C@@H](Cc1ccco1)NC(=O)[C@@H](C)Oc1ccccc1. The minimum Gasteiger partial charge on any atom is -0.481 e. The first-order valence-electron chi connectivity index (χ1n) is 6.69. The monoisotopic (exact) mass is 273 g/mol. The molecule has 1 heterocycles. The molecule has 0 saturated heterocycles. The fraction of sp³-hybridized carbons (Fsp3) is 0.312. The van der Waals surface area contributed by atoms with Crippen LogP contribution in [0.15, 0.2) is 53.1 Å². The van der Waals surface area contributed by atoms with Crippen molar-refractivity contribution in [2.45, 2.75) is 32.4 Å². The molecule has 1 aromatic heterocycles. The molecule has 0 aliphatic rings. The van der Waals surface area contributed by atoms with Gasteiger partial charge >= 0.3 is 0 Å². The second-order valence-corrected chi connectivity index (χ2v) is 4.77. The summed E-state index contributed by atoms with van der Waals surface area (Å²) in [7, 11) is 0. The number of hydrogen-bond acceptors (Lipinski definition) is 3. The first-order chi connectivity index (χ1) is 9.65. The average molecular weight is 273 g/mol. The van der Waals surface area contributed by atoms with Gasteiger partial charge < -0.3 is 14.5 Å². The van der Waals surface area contributed by atoms with E-state index in [-0.39, 0.29) is 11.9 Å². The number of ether oxygens (including phenoxy) is 1. The van der Waals surface area contributed by atoms with Crippen LogP contribution in [-0.4, -0.2) is 18.1 Å². The Kier molecular flexibility index (Phi) is 4.82. The van der Waals surface area contributed by atoms with Crippen LogP contribution in [-0.2, 0) is 11.2 Å². The number of carbonyl (C=O) groups is 1. The maximum Gasteiger partial charge on any atom is 0.260 e. The molecular formula is C16H19NO3. The van der Waals surface area contributed by atoms with E-state index in [1.807, 2.05) is 49.4 Å². The summed E-state index contributed by atoms with van der Waals surface area (Å²) in [5, 5.41) is 2.91. The van der Waals surface area contributed by atoms with Gasteiger partial charge in [0.05, 0.1) is 6.26 Å². The zero-order chi connectivity index (χ0) is 14.4. The molecule has 4 heteroatoms. The molecule has 1 aromatic carbocycles. The van der Waals surface area contributed by atoms with Crippen LogP contribution in [0, 0.1) is 0 Å². The van der Waals surface area contributed by atoms with Gasteiger partial charge in [-0.05, 0) is 38.1 Å². The zero-order valence-electron chi connectivity index (χ0n) is 11.7. The van der Waals surface area contributed by atoms with E-state index in [1.165, 1.54) is 0 Å². The number of nitrogens with one attached hydrogen (secondary N) is 1. The van der Waals surface area contributed by atoms with Crippen molar-refractivity contribution in [1.82, 2.24) is 5.32 Å². The van der Waals surface area contributed by atoms with E-state index >= 15 is 0 Å². The van der Waals surface area contributed by atoms with E-state index in [0.717, 1.165) is 5.76 Å². The minimum absolute atomic E-state index is 0.00419. The quantitative estimate of drug-likeness (QED) is 0.880. The number of carbonyl (C=O) groups excluding carboxylic acids is 1. The third-order valence-electron chi connectivity index (χ3n) is 2.90. The molecule has 0 aliphatic carbocycles. The third-order valence-corrected chi connectivity index (χ3v) is 2.90. The molecular weight excluding hydrogens is 254 g/mol. The summed E-state index contributed by atoms with van der Waals surface area (Å²) in [6, 6.07) is 13.0. The van der Waals surface area contributed by atoms with Crippen LogP contribution in [0.25, 0.3) is 0 Å². The van der Waals surface area contributed by atoms with Crippen LogP contribution >= 0.6 is 0 Å². The Balaban J connectivity index is 1.81. The van der Waals surface area contributed by atoms with Crippen molar-refractivity contribution in [3.05, 3.63) is 54.5 Å². The van der Waals surface area contributed by atoms with Crippen LogP contribution in [0.4, 0.5) is 0 Å². The molecule has 0 saturated carbocycles. The highest BCUT2D eigenvalue weighted by atomic mass is 16.5. The van der Waals surface area contributed by atoms with E-state index in [0.29, 0.717) is 12.2 Å². The van der Waals surface area contributed by atoms with E-state index in [2.05, 4.69) is 5.32 Å². The molecule has 2 atom stereocenters. The van der Waals surface area contributed by atoms with E-state index < -0.39 is 6.10 Å². The number of para-hydroxylation sites is 1. The lowest BCUT2D eigenvalue weighted by atomic mass is 10.2. The van der Waals surface area contributed by atoms with Crippen LogP contribution in [0.5, 0.6) is 5.75 Å². The van der Waals surface area contributed by atoms with Gasteiger partial charge in [0.25, 0.3) is 5.91 Å². The van der Waals surface area contributed by atoms with E-state index in [4.69, 9.17) is 9.15 Å². The number of hydrogen-bond donors (Lipinski definition) is 1. The van der Waals surface area contributed by atoms with E-state index in [9.17, 15) is 4.79 Å². The van der Waals surface area contributed by atoms with Gasteiger partial charge in [-0.2, -0.15) is 0 Å². The van der Waals surface area contributed by atoms with Crippen LogP contribution < -0.4 is 10.1 Å². The first kappa shape index (κ1) is 14.2. The summed E-state index contributed by atoms with van der Waals surface area (Å²) in [5.74, 6) is 1.41. The summed E-state index contributed by atoms with van der Waals surface area (Å²) in [6.07, 6.45) is 1.76. The Morgan fingerprint density at radius 3 is 2.60 bits per heavy atom. The highest BCUT2D eigenvalue weighted by Gasteiger charge is 2.17. The lowest BCUT2D eigenvalue weighted by Crippen LogP contribution is -2.42. The molecule has 106 valence electrons. The number of furan rings is 1. The highest BCUT2D eigenvalue weighted by molar-refractivity contribution is 5.81. The molecule has 4 nitrogen and oxygen atoms in total. The predicted octanol–water partition coefficient (Wildman–Crippen LogP) is 2.79. The van der Waals surface area contributed by atoms with Crippen molar-refractivity contribution >= 4 is 5.91 Å². The van der Waals surface area contributed by atoms with Crippen molar-refractivity contribution in [3.63, 3.8) is 0 Å². The summed E-state index contributed by atoms with van der Waals surface area (Å²) in [5.41, 5.74) is 0. The summed E-state index contributed by atoms with van der Waals surface area (Å²) in [6.45, 7) is 3.68. The first-order valence-corrected chi connectivity index (χ1v) is 6.69. The van der Waals surface area contributed by atoms with E-state index in [1.54, 1.807) is 13.2 Å². The number of rotatable bonds is 6. The molecule has 0 fully saturated rings. The van der Waals surface area contributed by atoms with Gasteiger partial charge in [0.1, 0.15) is 11.5 Å². The fourth-order valence-corrected chi connectivity index (χ4v) is 1.90. The van der Waals surface area contributed by atoms with Gasteiger partial charge in [-0.1, -0.05) is 18.2 Å². The highest BCUT2D eigenvalue weighted by Crippen LogP contribution is 2.11. The van der Waals surface area contributed by atoms with Crippen molar-refractivity contribution in [2.75, 3.05) is 0 Å². The predicted molar refractivity (Wildman–Crippen MR) is 76.5 cm³/mol. The van der Waals surface area contributed by atoms with Gasteiger partial charge in [0, 0.05) is 12.5 Å². The molecule has 1 N–H and O–H groups in total. The second kappa shape index (κ2) is 6.80. The maximum atomic E-state index is 12.0. The van der Waals surface area contributed by atoms with Gasteiger partial charge in [-0.3, -0.25) is 4.79 Å². The number of benzene rings is 1. The smallest absolute Gasteiger partial charge is 0.260 e. The van der Waals surface area contributed by atoms with Crippen molar-refractivity contribution in [1.29, 1.82) is 0 Å². The molecule has 0 spiro atoms. The largest absolute Gasteiger partial charge is 0.481 e. The average Bonchev–Trinajstić information content (AvgIpc) is 2.92. The molecule has 20 heavy (non-hydrogen) atoms. The molecule has 0 aliphatic heterocycles. The fourth-order valence-electron chi connectivity index (χ4n) is 1.90. The summed E-state index contributed by atoms with van der Waals surface area (Å²) in [4.78, 5) is 12.0. The Morgan fingerprint density at radius 1 is 1.20 bits per heavy atom. The topological polar surface area (TPSA) is 51.5 Å². The third kappa shape index (κ3) is 4.16. The van der Waals surface area contributed by atoms with Crippen molar-refractivity contribution in [3.8, 4) is 5.75 Å². The summed E-state index contributed by atoms with van der Waals surface area (Å²) < 4.78 is 10.8. The molecule has 2 rings (SSSR count). The Hall–Kier alpha value is -2.23.